The lowest BCUT2D eigenvalue weighted by Crippen LogP contribution is -2.20. The van der Waals surface area contributed by atoms with E-state index in [0.29, 0.717) is 12.4 Å². The highest BCUT2D eigenvalue weighted by Gasteiger charge is 2.21. The Hall–Kier alpha value is -2.37. The molecule has 0 saturated heterocycles. The largest absolute Gasteiger partial charge is 0.493 e. The lowest BCUT2D eigenvalue weighted by molar-refractivity contribution is -0.0500. The minimum Gasteiger partial charge on any atom is -0.493 e. The van der Waals surface area contributed by atoms with E-state index in [-0.39, 0.29) is 11.8 Å². The predicted octanol–water partition coefficient (Wildman–Crippen LogP) is 3.62. The summed E-state index contributed by atoms with van der Waals surface area (Å²) in [5, 5.41) is 3.28. The molecule has 1 aromatic heterocycles. The van der Waals surface area contributed by atoms with Gasteiger partial charge in [0.2, 0.25) is 0 Å². The van der Waals surface area contributed by atoms with Crippen molar-refractivity contribution in [1.82, 2.24) is 4.98 Å². The van der Waals surface area contributed by atoms with Gasteiger partial charge in [-0.3, -0.25) is 0 Å². The SMILES string of the molecule is FC(F)Oc1ccc(NC2CCOc3ccccc32)nc1. The number of anilines is 1. The van der Waals surface area contributed by atoms with Crippen LogP contribution in [0.25, 0.3) is 0 Å². The Morgan fingerprint density at radius 2 is 2.10 bits per heavy atom. The molecule has 1 aliphatic rings. The van der Waals surface area contributed by atoms with Crippen LogP contribution in [0.1, 0.15) is 18.0 Å². The molecule has 0 bridgehead atoms. The zero-order valence-corrected chi connectivity index (χ0v) is 11.1. The average molecular weight is 292 g/mol. The first-order chi connectivity index (χ1) is 10.2. The van der Waals surface area contributed by atoms with Crippen LogP contribution in [0.4, 0.5) is 14.6 Å². The minimum atomic E-state index is -2.84. The van der Waals surface area contributed by atoms with E-state index < -0.39 is 6.61 Å². The van der Waals surface area contributed by atoms with Crippen LogP contribution in [0.15, 0.2) is 42.6 Å². The van der Waals surface area contributed by atoms with Gasteiger partial charge in [-0.15, -0.1) is 0 Å². The van der Waals surface area contributed by atoms with Crippen molar-refractivity contribution in [3.63, 3.8) is 0 Å². The zero-order chi connectivity index (χ0) is 14.7. The number of rotatable bonds is 4. The van der Waals surface area contributed by atoms with Crippen molar-refractivity contribution in [2.45, 2.75) is 19.1 Å². The molecular formula is C15H14F2N2O2. The normalized spacial score (nSPS) is 17.0. The molecule has 3 rings (SSSR count). The van der Waals surface area contributed by atoms with E-state index in [1.165, 1.54) is 12.3 Å². The van der Waals surface area contributed by atoms with Crippen molar-refractivity contribution in [3.05, 3.63) is 48.2 Å². The molecule has 0 aliphatic carbocycles. The van der Waals surface area contributed by atoms with Gasteiger partial charge in [0.05, 0.1) is 18.8 Å². The van der Waals surface area contributed by atoms with Crippen molar-refractivity contribution in [1.29, 1.82) is 0 Å². The minimum absolute atomic E-state index is 0.0444. The Labute approximate surface area is 120 Å². The number of nitrogens with zero attached hydrogens (tertiary/aromatic N) is 1. The highest BCUT2D eigenvalue weighted by molar-refractivity contribution is 5.45. The summed E-state index contributed by atoms with van der Waals surface area (Å²) >= 11 is 0. The summed E-state index contributed by atoms with van der Waals surface area (Å²) in [4.78, 5) is 4.09. The van der Waals surface area contributed by atoms with Gasteiger partial charge in [-0.1, -0.05) is 18.2 Å². The van der Waals surface area contributed by atoms with Crippen molar-refractivity contribution in [2.24, 2.45) is 0 Å². The van der Waals surface area contributed by atoms with Gasteiger partial charge in [-0.05, 0) is 18.2 Å². The molecule has 1 unspecified atom stereocenters. The molecule has 0 spiro atoms. The van der Waals surface area contributed by atoms with Crippen molar-refractivity contribution in [3.8, 4) is 11.5 Å². The van der Waals surface area contributed by atoms with E-state index >= 15 is 0 Å². The highest BCUT2D eigenvalue weighted by Crippen LogP contribution is 2.33. The summed E-state index contributed by atoms with van der Waals surface area (Å²) in [7, 11) is 0. The van der Waals surface area contributed by atoms with Gasteiger partial charge in [0.1, 0.15) is 17.3 Å². The second-order valence-electron chi connectivity index (χ2n) is 4.63. The molecule has 1 aromatic carbocycles. The van der Waals surface area contributed by atoms with Crippen LogP contribution in [-0.4, -0.2) is 18.2 Å². The molecule has 0 radical (unpaired) electrons. The third-order valence-electron chi connectivity index (χ3n) is 3.24. The van der Waals surface area contributed by atoms with Crippen molar-refractivity contribution in [2.75, 3.05) is 11.9 Å². The van der Waals surface area contributed by atoms with E-state index in [4.69, 9.17) is 4.74 Å². The number of ether oxygens (including phenoxy) is 2. The molecule has 6 heteroatoms. The number of aromatic nitrogens is 1. The molecule has 110 valence electrons. The van der Waals surface area contributed by atoms with E-state index in [1.54, 1.807) is 6.07 Å². The Bertz CT molecular complexity index is 605. The lowest BCUT2D eigenvalue weighted by Gasteiger charge is -2.27. The molecule has 0 saturated carbocycles. The summed E-state index contributed by atoms with van der Waals surface area (Å²) in [6.45, 7) is -2.21. The second kappa shape index (κ2) is 5.95. The summed E-state index contributed by atoms with van der Waals surface area (Å²) in [5.74, 6) is 1.51. The third-order valence-corrected chi connectivity index (χ3v) is 3.24. The van der Waals surface area contributed by atoms with Gasteiger partial charge in [0, 0.05) is 12.0 Å². The van der Waals surface area contributed by atoms with E-state index in [9.17, 15) is 8.78 Å². The van der Waals surface area contributed by atoms with Crippen LogP contribution in [0.3, 0.4) is 0 Å². The van der Waals surface area contributed by atoms with Gasteiger partial charge in [0.25, 0.3) is 0 Å². The molecule has 21 heavy (non-hydrogen) atoms. The maximum atomic E-state index is 12.1. The smallest absolute Gasteiger partial charge is 0.387 e. The maximum Gasteiger partial charge on any atom is 0.387 e. The van der Waals surface area contributed by atoms with Crippen LogP contribution in [0.2, 0.25) is 0 Å². The summed E-state index contributed by atoms with van der Waals surface area (Å²) in [6, 6.07) is 11.0. The number of halogens is 2. The number of hydrogen-bond acceptors (Lipinski definition) is 4. The molecular weight excluding hydrogens is 278 g/mol. The topological polar surface area (TPSA) is 43.4 Å². The van der Waals surface area contributed by atoms with Crippen LogP contribution >= 0.6 is 0 Å². The van der Waals surface area contributed by atoms with Crippen molar-refractivity contribution < 1.29 is 18.3 Å². The second-order valence-corrected chi connectivity index (χ2v) is 4.63. The predicted molar refractivity (Wildman–Crippen MR) is 73.8 cm³/mol. The van der Waals surface area contributed by atoms with E-state index in [2.05, 4.69) is 15.0 Å². The quantitative estimate of drug-likeness (QED) is 0.934. The fourth-order valence-corrected chi connectivity index (χ4v) is 2.31. The molecule has 1 aliphatic heterocycles. The Kier molecular flexibility index (Phi) is 3.85. The van der Waals surface area contributed by atoms with Crippen LogP contribution in [0, 0.1) is 0 Å². The number of nitrogens with one attached hydrogen (secondary N) is 1. The van der Waals surface area contributed by atoms with E-state index in [1.807, 2.05) is 24.3 Å². The maximum absolute atomic E-state index is 12.1. The standard InChI is InChI=1S/C15H14F2N2O2/c16-15(17)21-10-5-6-14(18-9-10)19-12-7-8-20-13-4-2-1-3-11(12)13/h1-6,9,12,15H,7-8H2,(H,18,19). The molecule has 0 amide bonds. The highest BCUT2D eigenvalue weighted by atomic mass is 19.3. The van der Waals surface area contributed by atoms with Crippen LogP contribution < -0.4 is 14.8 Å². The summed E-state index contributed by atoms with van der Waals surface area (Å²) < 4.78 is 34.0. The first-order valence-corrected chi connectivity index (χ1v) is 6.61. The summed E-state index contributed by atoms with van der Waals surface area (Å²) in [6.07, 6.45) is 2.09. The van der Waals surface area contributed by atoms with Crippen molar-refractivity contribution >= 4 is 5.82 Å². The number of para-hydroxylation sites is 1. The number of benzene rings is 1. The molecule has 0 fully saturated rings. The van der Waals surface area contributed by atoms with Gasteiger partial charge in [-0.25, -0.2) is 4.98 Å². The molecule has 4 nitrogen and oxygen atoms in total. The first-order valence-electron chi connectivity index (χ1n) is 6.61. The number of hydrogen-bond donors (Lipinski definition) is 1. The van der Waals surface area contributed by atoms with Crippen LogP contribution in [0.5, 0.6) is 11.5 Å². The first kappa shape index (κ1) is 13.6. The Morgan fingerprint density at radius 3 is 2.86 bits per heavy atom. The third kappa shape index (κ3) is 3.21. The lowest BCUT2D eigenvalue weighted by atomic mass is 10.0. The monoisotopic (exact) mass is 292 g/mol. The van der Waals surface area contributed by atoms with Gasteiger partial charge in [0.15, 0.2) is 0 Å². The zero-order valence-electron chi connectivity index (χ0n) is 11.1. The Morgan fingerprint density at radius 1 is 1.24 bits per heavy atom. The number of alkyl halides is 2. The van der Waals surface area contributed by atoms with Gasteiger partial charge >= 0.3 is 6.61 Å². The Balaban J connectivity index is 1.73. The molecule has 1 atom stereocenters. The fourth-order valence-electron chi connectivity index (χ4n) is 2.31. The van der Waals surface area contributed by atoms with Gasteiger partial charge in [-0.2, -0.15) is 8.78 Å². The molecule has 1 N–H and O–H groups in total. The fraction of sp³-hybridized carbons (Fsp3) is 0.267. The molecule has 2 heterocycles. The van der Waals surface area contributed by atoms with E-state index in [0.717, 1.165) is 17.7 Å². The number of fused-ring (bicyclic) bond motifs is 1. The van der Waals surface area contributed by atoms with Crippen LogP contribution in [-0.2, 0) is 0 Å². The van der Waals surface area contributed by atoms with Gasteiger partial charge < -0.3 is 14.8 Å². The summed E-state index contributed by atoms with van der Waals surface area (Å²) in [5.41, 5.74) is 1.07. The average Bonchev–Trinajstić information content (AvgIpc) is 2.49. The number of pyridine rings is 1. The molecule has 2 aromatic rings.